The summed E-state index contributed by atoms with van der Waals surface area (Å²) < 4.78 is 24.4. The highest BCUT2D eigenvalue weighted by atomic mass is 32.2. The van der Waals surface area contributed by atoms with Crippen molar-refractivity contribution in [3.05, 3.63) is 35.4 Å². The van der Waals surface area contributed by atoms with Gasteiger partial charge in [-0.15, -0.1) is 0 Å². The maximum atomic E-state index is 12.1. The number of carbonyl (C=O) groups is 1. The minimum atomic E-state index is -3.08. The first-order valence-corrected chi connectivity index (χ1v) is 9.57. The van der Waals surface area contributed by atoms with E-state index < -0.39 is 10.0 Å². The maximum absolute atomic E-state index is 12.1. The van der Waals surface area contributed by atoms with E-state index in [0.29, 0.717) is 31.1 Å². The maximum Gasteiger partial charge on any atom is 0.251 e. The van der Waals surface area contributed by atoms with Crippen molar-refractivity contribution < 1.29 is 13.2 Å². The lowest BCUT2D eigenvalue weighted by Gasteiger charge is -2.30. The van der Waals surface area contributed by atoms with Crippen LogP contribution in [-0.4, -0.2) is 44.5 Å². The normalized spacial score (nSPS) is 17.4. The molecule has 1 aliphatic heterocycles. The number of nitrogens with zero attached hydrogens (tertiary/aromatic N) is 1. The number of carbonyl (C=O) groups excluding carboxylic acids is 1. The molecule has 0 aliphatic carbocycles. The van der Waals surface area contributed by atoms with Gasteiger partial charge in [-0.05, 0) is 42.9 Å². The second-order valence-electron chi connectivity index (χ2n) is 5.87. The van der Waals surface area contributed by atoms with Gasteiger partial charge in [-0.2, -0.15) is 0 Å². The highest BCUT2D eigenvalue weighted by molar-refractivity contribution is 7.88. The van der Waals surface area contributed by atoms with Crippen molar-refractivity contribution in [2.45, 2.75) is 26.2 Å². The molecule has 0 bridgehead atoms. The molecule has 0 spiro atoms. The zero-order valence-electron chi connectivity index (χ0n) is 13.2. The van der Waals surface area contributed by atoms with Gasteiger partial charge < -0.3 is 5.32 Å². The Morgan fingerprint density at radius 3 is 2.32 bits per heavy atom. The lowest BCUT2D eigenvalue weighted by molar-refractivity contribution is 0.0941. The van der Waals surface area contributed by atoms with E-state index in [1.165, 1.54) is 16.1 Å². The van der Waals surface area contributed by atoms with E-state index in [2.05, 4.69) is 12.2 Å². The molecule has 0 unspecified atom stereocenters. The van der Waals surface area contributed by atoms with E-state index in [9.17, 15) is 13.2 Å². The van der Waals surface area contributed by atoms with Crippen molar-refractivity contribution in [1.29, 1.82) is 0 Å². The van der Waals surface area contributed by atoms with E-state index in [4.69, 9.17) is 0 Å². The van der Waals surface area contributed by atoms with E-state index in [-0.39, 0.29) is 5.91 Å². The Morgan fingerprint density at radius 2 is 1.82 bits per heavy atom. The molecule has 6 heteroatoms. The Hall–Kier alpha value is -1.40. The van der Waals surface area contributed by atoms with Crippen molar-refractivity contribution in [2.24, 2.45) is 5.92 Å². The molecule has 1 N–H and O–H groups in total. The lowest BCUT2D eigenvalue weighted by atomic mass is 9.98. The van der Waals surface area contributed by atoms with Crippen LogP contribution >= 0.6 is 0 Å². The molecule has 1 saturated heterocycles. The van der Waals surface area contributed by atoms with Crippen LogP contribution in [0.15, 0.2) is 24.3 Å². The van der Waals surface area contributed by atoms with Crippen molar-refractivity contribution in [3.8, 4) is 0 Å². The minimum absolute atomic E-state index is 0.0619. The fraction of sp³-hybridized carbons (Fsp3) is 0.562. The molecule has 1 aliphatic rings. The molecule has 1 aromatic rings. The summed E-state index contributed by atoms with van der Waals surface area (Å²) in [6, 6.07) is 7.64. The lowest BCUT2D eigenvalue weighted by Crippen LogP contribution is -2.41. The molecule has 0 saturated carbocycles. The molecule has 1 aromatic carbocycles. The predicted molar refractivity (Wildman–Crippen MR) is 87.3 cm³/mol. The van der Waals surface area contributed by atoms with Crippen LogP contribution in [0.4, 0.5) is 0 Å². The smallest absolute Gasteiger partial charge is 0.251 e. The molecule has 0 radical (unpaired) electrons. The number of sulfonamides is 1. The Morgan fingerprint density at radius 1 is 1.23 bits per heavy atom. The van der Waals surface area contributed by atoms with Gasteiger partial charge in [0, 0.05) is 25.2 Å². The first-order valence-electron chi connectivity index (χ1n) is 7.72. The molecular formula is C16H24N2O3S. The molecule has 0 aromatic heterocycles. The van der Waals surface area contributed by atoms with Crippen molar-refractivity contribution in [1.82, 2.24) is 9.62 Å². The fourth-order valence-corrected chi connectivity index (χ4v) is 3.55. The number of rotatable bonds is 5. The zero-order chi connectivity index (χ0) is 16.2. The molecule has 1 heterocycles. The van der Waals surface area contributed by atoms with Gasteiger partial charge >= 0.3 is 0 Å². The van der Waals surface area contributed by atoms with Crippen LogP contribution in [0, 0.1) is 5.92 Å². The second kappa shape index (κ2) is 7.24. The monoisotopic (exact) mass is 324 g/mol. The Balaban J connectivity index is 1.80. The van der Waals surface area contributed by atoms with Crippen LogP contribution in [0.3, 0.4) is 0 Å². The quantitative estimate of drug-likeness (QED) is 0.895. The summed E-state index contributed by atoms with van der Waals surface area (Å²) in [6.07, 6.45) is 3.79. The van der Waals surface area contributed by atoms with Crippen LogP contribution in [0.2, 0.25) is 0 Å². The molecule has 1 fully saturated rings. The highest BCUT2D eigenvalue weighted by Gasteiger charge is 2.25. The zero-order valence-corrected chi connectivity index (χ0v) is 14.0. The fourth-order valence-electron chi connectivity index (χ4n) is 2.68. The summed E-state index contributed by atoms with van der Waals surface area (Å²) in [5, 5.41) is 2.95. The summed E-state index contributed by atoms with van der Waals surface area (Å²) in [5.41, 5.74) is 1.88. The molecule has 0 atom stereocenters. The molecule has 1 amide bonds. The Kier molecular flexibility index (Phi) is 5.58. The van der Waals surface area contributed by atoms with Gasteiger partial charge in [0.05, 0.1) is 6.26 Å². The first kappa shape index (κ1) is 17.0. The summed E-state index contributed by atoms with van der Waals surface area (Å²) in [5.74, 6) is 0.282. The molecule has 22 heavy (non-hydrogen) atoms. The summed E-state index contributed by atoms with van der Waals surface area (Å²) in [7, 11) is -3.08. The van der Waals surface area contributed by atoms with Gasteiger partial charge in [-0.3, -0.25) is 4.79 Å². The molecular weight excluding hydrogens is 300 g/mol. The standard InChI is InChI=1S/C16H24N2O3S/c1-3-13-4-6-15(7-5-13)16(19)17-12-14-8-10-18(11-9-14)22(2,20)21/h4-7,14H,3,8-12H2,1-2H3,(H,17,19). The second-order valence-corrected chi connectivity index (χ2v) is 7.85. The number of piperidine rings is 1. The van der Waals surface area contributed by atoms with E-state index in [1.54, 1.807) is 0 Å². The van der Waals surface area contributed by atoms with Crippen LogP contribution in [0.5, 0.6) is 0 Å². The Labute approximate surface area is 132 Å². The van der Waals surface area contributed by atoms with Gasteiger partial charge in [0.2, 0.25) is 10.0 Å². The summed E-state index contributed by atoms with van der Waals surface area (Å²) in [4.78, 5) is 12.1. The number of benzene rings is 1. The van der Waals surface area contributed by atoms with Crippen LogP contribution in [0.1, 0.15) is 35.7 Å². The van der Waals surface area contributed by atoms with Gasteiger partial charge in [0.25, 0.3) is 5.91 Å². The third kappa shape index (κ3) is 4.55. The number of aryl methyl sites for hydroxylation is 1. The number of amides is 1. The van der Waals surface area contributed by atoms with Gasteiger partial charge in [0.15, 0.2) is 0 Å². The van der Waals surface area contributed by atoms with Crippen LogP contribution < -0.4 is 5.32 Å². The first-order chi connectivity index (χ1) is 10.4. The van der Waals surface area contributed by atoms with E-state index in [0.717, 1.165) is 19.3 Å². The van der Waals surface area contributed by atoms with E-state index in [1.807, 2.05) is 24.3 Å². The average Bonchev–Trinajstić information content (AvgIpc) is 2.52. The minimum Gasteiger partial charge on any atom is -0.352 e. The van der Waals surface area contributed by atoms with Gasteiger partial charge in [-0.1, -0.05) is 19.1 Å². The topological polar surface area (TPSA) is 66.5 Å². The predicted octanol–water partition coefficient (Wildman–Crippen LogP) is 1.65. The third-order valence-corrected chi connectivity index (χ3v) is 5.52. The number of hydrogen-bond donors (Lipinski definition) is 1. The van der Waals surface area contributed by atoms with Crippen molar-refractivity contribution in [3.63, 3.8) is 0 Å². The van der Waals surface area contributed by atoms with Crippen LogP contribution in [0.25, 0.3) is 0 Å². The number of hydrogen-bond acceptors (Lipinski definition) is 3. The Bertz CT molecular complexity index is 603. The highest BCUT2D eigenvalue weighted by Crippen LogP contribution is 2.18. The molecule has 5 nitrogen and oxygen atoms in total. The number of nitrogens with one attached hydrogen (secondary N) is 1. The van der Waals surface area contributed by atoms with Crippen molar-refractivity contribution >= 4 is 15.9 Å². The third-order valence-electron chi connectivity index (χ3n) is 4.22. The summed E-state index contributed by atoms with van der Waals surface area (Å²) in [6.45, 7) is 3.78. The van der Waals surface area contributed by atoms with E-state index >= 15 is 0 Å². The molecule has 2 rings (SSSR count). The van der Waals surface area contributed by atoms with Crippen LogP contribution in [-0.2, 0) is 16.4 Å². The SMILES string of the molecule is CCc1ccc(C(=O)NCC2CCN(S(C)(=O)=O)CC2)cc1. The molecule has 122 valence electrons. The largest absolute Gasteiger partial charge is 0.352 e. The summed E-state index contributed by atoms with van der Waals surface area (Å²) >= 11 is 0. The van der Waals surface area contributed by atoms with Gasteiger partial charge in [-0.25, -0.2) is 12.7 Å². The van der Waals surface area contributed by atoms with Gasteiger partial charge in [0.1, 0.15) is 0 Å². The van der Waals surface area contributed by atoms with Crippen molar-refractivity contribution in [2.75, 3.05) is 25.9 Å². The average molecular weight is 324 g/mol.